The molecule has 2 aromatic rings. The van der Waals surface area contributed by atoms with Crippen molar-refractivity contribution in [2.75, 3.05) is 6.61 Å². The molecule has 2 aromatic heterocycles. The first-order valence-corrected chi connectivity index (χ1v) is 6.52. The van der Waals surface area contributed by atoms with E-state index < -0.39 is 36.3 Å². The van der Waals surface area contributed by atoms with Crippen molar-refractivity contribution in [3.8, 4) is 11.9 Å². The van der Waals surface area contributed by atoms with Crippen LogP contribution in [0, 0.1) is 11.3 Å². The molecule has 4 atom stereocenters. The van der Waals surface area contributed by atoms with Crippen LogP contribution >= 0.6 is 0 Å². The Bertz CT molecular complexity index is 799. The molecule has 3 rings (SSSR count). The van der Waals surface area contributed by atoms with Gasteiger partial charge < -0.3 is 20.1 Å². The molecule has 0 amide bonds. The summed E-state index contributed by atoms with van der Waals surface area (Å²) in [5.41, 5.74) is -2.80. The highest BCUT2D eigenvalue weighted by Crippen LogP contribution is 2.35. The second kappa shape index (κ2) is 5.52. The first-order valence-electron chi connectivity index (χ1n) is 6.52. The monoisotopic (exact) mass is 320 g/mol. The van der Waals surface area contributed by atoms with Crippen molar-refractivity contribution in [3.63, 3.8) is 0 Å². The van der Waals surface area contributed by atoms with E-state index in [1.165, 1.54) is 29.6 Å². The lowest BCUT2D eigenvalue weighted by Gasteiger charge is -2.21. The minimum Gasteiger partial charge on any atom is -0.392 e. The highest BCUT2D eigenvalue weighted by atomic mass is 16.6. The van der Waals surface area contributed by atoms with Gasteiger partial charge in [0.25, 0.3) is 0 Å². The molecule has 1 aliphatic rings. The minimum absolute atomic E-state index is 0.200. The molecule has 0 aliphatic carbocycles. The molecule has 1 saturated heterocycles. The Hall–Kier alpha value is -2.65. The maximum absolute atomic E-state index is 12.1. The van der Waals surface area contributed by atoms with Crippen LogP contribution in [0.5, 0.6) is 0 Å². The van der Waals surface area contributed by atoms with E-state index in [0.29, 0.717) is 0 Å². The standard InChI is InChI=1S/C12H12N6O5/c13-3-12(4-19)9(21)8(20)10(23-12)17-2-1-7(16-11(17)22)18-6-14-5-15-18/h1-2,5-6,8-10,19-21H,4H2/t8-,9+,10-,12-/m1/s1. The van der Waals surface area contributed by atoms with Gasteiger partial charge in [-0.3, -0.25) is 4.57 Å². The van der Waals surface area contributed by atoms with Gasteiger partial charge in [0.1, 0.15) is 30.9 Å². The molecule has 23 heavy (non-hydrogen) atoms. The van der Waals surface area contributed by atoms with Crippen molar-refractivity contribution in [2.24, 2.45) is 0 Å². The normalized spacial score (nSPS) is 30.3. The van der Waals surface area contributed by atoms with Crippen LogP contribution < -0.4 is 5.69 Å². The summed E-state index contributed by atoms with van der Waals surface area (Å²) >= 11 is 0. The summed E-state index contributed by atoms with van der Waals surface area (Å²) in [5, 5.41) is 42.1. The molecule has 0 radical (unpaired) electrons. The summed E-state index contributed by atoms with van der Waals surface area (Å²) in [5.74, 6) is 0.200. The van der Waals surface area contributed by atoms with Gasteiger partial charge in [0.15, 0.2) is 12.0 Å². The van der Waals surface area contributed by atoms with Gasteiger partial charge in [-0.2, -0.15) is 15.3 Å². The second-order valence-electron chi connectivity index (χ2n) is 4.92. The van der Waals surface area contributed by atoms with Crippen molar-refractivity contribution >= 4 is 0 Å². The number of nitrogens with zero attached hydrogens (tertiary/aromatic N) is 6. The van der Waals surface area contributed by atoms with Crippen LogP contribution in [0.4, 0.5) is 0 Å². The molecule has 0 bridgehead atoms. The quantitative estimate of drug-likeness (QED) is 0.548. The number of hydrogen-bond acceptors (Lipinski definition) is 9. The highest BCUT2D eigenvalue weighted by Gasteiger charge is 2.55. The Labute approximate surface area is 128 Å². The Morgan fingerprint density at radius 2 is 2.26 bits per heavy atom. The Kier molecular flexibility index (Phi) is 3.66. The third-order valence-electron chi connectivity index (χ3n) is 3.59. The summed E-state index contributed by atoms with van der Waals surface area (Å²) < 4.78 is 7.43. The minimum atomic E-state index is -2.01. The average molecular weight is 320 g/mol. The molecule has 3 heterocycles. The Morgan fingerprint density at radius 1 is 1.48 bits per heavy atom. The number of aromatic nitrogens is 5. The molecule has 120 valence electrons. The third-order valence-corrected chi connectivity index (χ3v) is 3.59. The molecule has 0 saturated carbocycles. The van der Waals surface area contributed by atoms with Crippen molar-refractivity contribution in [1.82, 2.24) is 24.3 Å². The summed E-state index contributed by atoms with van der Waals surface area (Å²) in [6.07, 6.45) is -0.721. The fourth-order valence-electron chi connectivity index (χ4n) is 2.32. The summed E-state index contributed by atoms with van der Waals surface area (Å²) in [6.45, 7) is -0.836. The molecule has 3 N–H and O–H groups in total. The lowest BCUT2D eigenvalue weighted by molar-refractivity contribution is -0.0948. The third kappa shape index (κ3) is 2.30. The van der Waals surface area contributed by atoms with Gasteiger partial charge >= 0.3 is 5.69 Å². The summed E-state index contributed by atoms with van der Waals surface area (Å²) in [6, 6.07) is 3.04. The lowest BCUT2D eigenvalue weighted by atomic mass is 9.98. The molecule has 0 unspecified atom stereocenters. The van der Waals surface area contributed by atoms with Crippen molar-refractivity contribution in [3.05, 3.63) is 35.4 Å². The van der Waals surface area contributed by atoms with E-state index >= 15 is 0 Å². The van der Waals surface area contributed by atoms with E-state index in [2.05, 4.69) is 15.1 Å². The van der Waals surface area contributed by atoms with E-state index in [1.54, 1.807) is 6.07 Å². The summed E-state index contributed by atoms with van der Waals surface area (Å²) in [4.78, 5) is 19.6. The van der Waals surface area contributed by atoms with Gasteiger partial charge in [-0.25, -0.2) is 14.5 Å². The number of aliphatic hydroxyl groups is 3. The molecule has 0 aromatic carbocycles. The molecule has 0 spiro atoms. The van der Waals surface area contributed by atoms with Crippen LogP contribution in [-0.4, -0.2) is 64.1 Å². The molecule has 1 aliphatic heterocycles. The van der Waals surface area contributed by atoms with Gasteiger partial charge in [0.05, 0.1) is 6.61 Å². The molecule has 11 heteroatoms. The van der Waals surface area contributed by atoms with Crippen molar-refractivity contribution in [2.45, 2.75) is 24.0 Å². The lowest BCUT2D eigenvalue weighted by Crippen LogP contribution is -2.45. The molecule has 1 fully saturated rings. The molecular weight excluding hydrogens is 308 g/mol. The highest BCUT2D eigenvalue weighted by molar-refractivity contribution is 5.18. The fraction of sp³-hybridized carbons (Fsp3) is 0.417. The largest absolute Gasteiger partial charge is 0.392 e. The maximum atomic E-state index is 12.1. The van der Waals surface area contributed by atoms with Crippen LogP contribution in [0.2, 0.25) is 0 Å². The molecular formula is C12H12N6O5. The number of rotatable bonds is 3. The maximum Gasteiger partial charge on any atom is 0.351 e. The predicted molar refractivity (Wildman–Crippen MR) is 71.0 cm³/mol. The number of nitriles is 1. The van der Waals surface area contributed by atoms with Gasteiger partial charge in [0.2, 0.25) is 5.60 Å². The van der Waals surface area contributed by atoms with Gasteiger partial charge in [-0.15, -0.1) is 0 Å². The van der Waals surface area contributed by atoms with Crippen molar-refractivity contribution in [1.29, 1.82) is 5.26 Å². The van der Waals surface area contributed by atoms with E-state index in [0.717, 1.165) is 4.57 Å². The van der Waals surface area contributed by atoms with Crippen LogP contribution in [0.25, 0.3) is 5.82 Å². The van der Waals surface area contributed by atoms with E-state index in [-0.39, 0.29) is 5.82 Å². The topological polar surface area (TPSA) is 159 Å². The average Bonchev–Trinajstić information content (AvgIpc) is 3.17. The van der Waals surface area contributed by atoms with Crippen molar-refractivity contribution < 1.29 is 20.1 Å². The van der Waals surface area contributed by atoms with Crippen LogP contribution in [0.15, 0.2) is 29.7 Å². The molecule has 11 nitrogen and oxygen atoms in total. The zero-order valence-electron chi connectivity index (χ0n) is 11.6. The van der Waals surface area contributed by atoms with Gasteiger partial charge in [0, 0.05) is 6.20 Å². The zero-order chi connectivity index (χ0) is 16.6. The van der Waals surface area contributed by atoms with Crippen LogP contribution in [0.1, 0.15) is 6.23 Å². The smallest absolute Gasteiger partial charge is 0.351 e. The van der Waals surface area contributed by atoms with Gasteiger partial charge in [-0.1, -0.05) is 0 Å². The zero-order valence-corrected chi connectivity index (χ0v) is 11.6. The predicted octanol–water partition coefficient (Wildman–Crippen LogP) is -2.67. The number of ether oxygens (including phenoxy) is 1. The Morgan fingerprint density at radius 3 is 2.78 bits per heavy atom. The van der Waals surface area contributed by atoms with Crippen LogP contribution in [-0.2, 0) is 4.74 Å². The second-order valence-corrected chi connectivity index (χ2v) is 4.92. The SMILES string of the molecule is N#C[C@]1(CO)O[C@@H](n2ccc(-n3cncn3)nc2=O)[C@H](O)[C@@H]1O. The summed E-state index contributed by atoms with van der Waals surface area (Å²) in [7, 11) is 0. The van der Waals surface area contributed by atoms with E-state index in [9.17, 15) is 20.1 Å². The number of aliphatic hydroxyl groups excluding tert-OH is 3. The fourth-order valence-corrected chi connectivity index (χ4v) is 2.32. The first kappa shape index (κ1) is 15.3. The van der Waals surface area contributed by atoms with Crippen LogP contribution in [0.3, 0.4) is 0 Å². The van der Waals surface area contributed by atoms with E-state index in [4.69, 9.17) is 10.00 Å². The number of hydrogen-bond donors (Lipinski definition) is 3. The first-order chi connectivity index (χ1) is 11.0. The van der Waals surface area contributed by atoms with E-state index in [1.807, 2.05) is 0 Å². The van der Waals surface area contributed by atoms with Gasteiger partial charge in [-0.05, 0) is 6.07 Å². The Balaban J connectivity index is 1.97.